The van der Waals surface area contributed by atoms with Crippen molar-refractivity contribution in [3.05, 3.63) is 24.3 Å². The number of esters is 1. The highest BCUT2D eigenvalue weighted by Gasteiger charge is 2.16. The minimum atomic E-state index is -0.0169. The predicted octanol–water partition coefficient (Wildman–Crippen LogP) is 14.0. The summed E-state index contributed by atoms with van der Waals surface area (Å²) in [6.45, 7) is 9.17. The molecule has 1 heterocycles. The first kappa shape index (κ1) is 48.7. The molecule has 3 atom stereocenters. The molecular weight excluding hydrogens is 661 g/mol. The molecule has 1 aliphatic heterocycles. The van der Waals surface area contributed by atoms with Crippen molar-refractivity contribution in [1.82, 2.24) is 9.80 Å². The Kier molecular flexibility index (Phi) is 33.2. The molecule has 6 heteroatoms. The number of nitrogens with zero attached hydrogens (tertiary/aromatic N) is 2. The third-order valence-electron chi connectivity index (χ3n) is 11.1. The van der Waals surface area contributed by atoms with E-state index in [1.54, 1.807) is 0 Å². The molecule has 0 aromatic rings. The second kappa shape index (κ2) is 35.4. The molecule has 0 aliphatic carbocycles. The van der Waals surface area contributed by atoms with Crippen LogP contribution in [0.1, 0.15) is 201 Å². The smallest absolute Gasteiger partial charge is 0.305 e. The van der Waals surface area contributed by atoms with Crippen LogP contribution >= 0.6 is 11.8 Å². The number of thioether (sulfide) groups is 1. The number of carbonyl (C=O) groups excluding carboxylic acids is 2. The van der Waals surface area contributed by atoms with Crippen molar-refractivity contribution >= 4 is 23.0 Å². The van der Waals surface area contributed by atoms with Crippen LogP contribution in [0.4, 0.5) is 4.79 Å². The Morgan fingerprint density at radius 1 is 0.769 bits per heavy atom. The van der Waals surface area contributed by atoms with Crippen molar-refractivity contribution in [2.75, 3.05) is 39.5 Å². The fraction of sp³-hybridized carbons (Fsp3) is 0.870. The summed E-state index contributed by atoms with van der Waals surface area (Å²) in [5.41, 5.74) is 0. The number of unbranched alkanes of at least 4 members (excludes halogenated alkanes) is 3. The fourth-order valence-electron chi connectivity index (χ4n) is 7.07. The zero-order chi connectivity index (χ0) is 37.9. The van der Waals surface area contributed by atoms with E-state index in [0.717, 1.165) is 63.8 Å². The van der Waals surface area contributed by atoms with Crippen molar-refractivity contribution in [3.63, 3.8) is 0 Å². The van der Waals surface area contributed by atoms with E-state index in [1.807, 2.05) is 0 Å². The van der Waals surface area contributed by atoms with E-state index in [4.69, 9.17) is 4.74 Å². The lowest BCUT2D eigenvalue weighted by molar-refractivity contribution is -0.144. The predicted molar refractivity (Wildman–Crippen MR) is 229 cm³/mol. The lowest BCUT2D eigenvalue weighted by Crippen LogP contribution is -2.32. The third kappa shape index (κ3) is 30.1. The van der Waals surface area contributed by atoms with Gasteiger partial charge in [0.2, 0.25) is 0 Å². The van der Waals surface area contributed by atoms with Gasteiger partial charge in [0.15, 0.2) is 0 Å². The molecule has 1 amide bonds. The van der Waals surface area contributed by atoms with Gasteiger partial charge in [-0.05, 0) is 97.1 Å². The lowest BCUT2D eigenvalue weighted by Gasteiger charge is -2.24. The molecule has 0 spiro atoms. The Labute approximate surface area is 328 Å². The molecule has 0 aromatic heterocycles. The van der Waals surface area contributed by atoms with Crippen molar-refractivity contribution in [3.8, 4) is 0 Å². The first-order valence-electron chi connectivity index (χ1n) is 22.4. The summed E-state index contributed by atoms with van der Waals surface area (Å²) in [5.74, 6) is 2.18. The van der Waals surface area contributed by atoms with Crippen LogP contribution in [0, 0.1) is 11.8 Å². The summed E-state index contributed by atoms with van der Waals surface area (Å²) in [5, 5.41) is 0.248. The van der Waals surface area contributed by atoms with E-state index in [0.29, 0.717) is 30.9 Å². The van der Waals surface area contributed by atoms with Crippen LogP contribution in [-0.4, -0.2) is 66.6 Å². The SMILES string of the molecule is CCCCCCC1CCCCCC(C)/C=C/CCC/C=C\CCCCCCCCCN(C(=O)SCC(C)N(C)C)CCCCCCCC(=O)OCC1. The van der Waals surface area contributed by atoms with E-state index in [9.17, 15) is 9.59 Å². The van der Waals surface area contributed by atoms with Gasteiger partial charge in [0.05, 0.1) is 6.61 Å². The molecule has 0 bridgehead atoms. The zero-order valence-electron chi connectivity index (χ0n) is 35.2. The first-order valence-corrected chi connectivity index (χ1v) is 23.4. The van der Waals surface area contributed by atoms with E-state index >= 15 is 0 Å². The highest BCUT2D eigenvalue weighted by atomic mass is 32.2. The molecule has 5 nitrogen and oxygen atoms in total. The maximum Gasteiger partial charge on any atom is 0.305 e. The van der Waals surface area contributed by atoms with Crippen LogP contribution < -0.4 is 0 Å². The van der Waals surface area contributed by atoms with Gasteiger partial charge in [0.1, 0.15) is 0 Å². The number of ether oxygens (including phenoxy) is 1. The Morgan fingerprint density at radius 3 is 2.06 bits per heavy atom. The second-order valence-electron chi connectivity index (χ2n) is 16.3. The van der Waals surface area contributed by atoms with E-state index in [2.05, 4.69) is 69.0 Å². The van der Waals surface area contributed by atoms with E-state index in [-0.39, 0.29) is 11.2 Å². The summed E-state index contributed by atoms with van der Waals surface area (Å²) >= 11 is 1.49. The number of amides is 1. The Bertz CT molecular complexity index is 891. The van der Waals surface area contributed by atoms with Crippen LogP contribution in [0.3, 0.4) is 0 Å². The van der Waals surface area contributed by atoms with Crippen LogP contribution in [0.2, 0.25) is 0 Å². The van der Waals surface area contributed by atoms with Gasteiger partial charge in [0.25, 0.3) is 5.24 Å². The molecule has 0 fully saturated rings. The molecule has 0 saturated carbocycles. The molecule has 52 heavy (non-hydrogen) atoms. The molecule has 0 radical (unpaired) electrons. The number of allylic oxidation sites excluding steroid dienone is 4. The molecule has 1 aliphatic rings. The molecule has 0 aromatic carbocycles. The summed E-state index contributed by atoms with van der Waals surface area (Å²) in [6.07, 6.45) is 43.2. The van der Waals surface area contributed by atoms with Gasteiger partial charge < -0.3 is 14.5 Å². The van der Waals surface area contributed by atoms with Gasteiger partial charge in [-0.2, -0.15) is 0 Å². The Morgan fingerprint density at radius 2 is 1.37 bits per heavy atom. The summed E-state index contributed by atoms with van der Waals surface area (Å²) in [7, 11) is 4.17. The maximum atomic E-state index is 13.2. The highest BCUT2D eigenvalue weighted by Crippen LogP contribution is 2.23. The number of rotatable bonds is 8. The van der Waals surface area contributed by atoms with Crippen molar-refractivity contribution < 1.29 is 14.3 Å². The minimum Gasteiger partial charge on any atom is -0.466 e. The molecule has 304 valence electrons. The van der Waals surface area contributed by atoms with Gasteiger partial charge in [-0.15, -0.1) is 0 Å². The largest absolute Gasteiger partial charge is 0.466 e. The highest BCUT2D eigenvalue weighted by molar-refractivity contribution is 8.13. The minimum absolute atomic E-state index is 0.0169. The zero-order valence-corrected chi connectivity index (χ0v) is 36.0. The maximum absolute atomic E-state index is 13.2. The van der Waals surface area contributed by atoms with Crippen LogP contribution in [-0.2, 0) is 9.53 Å². The molecule has 0 N–H and O–H groups in total. The quantitative estimate of drug-likeness (QED) is 0.141. The monoisotopic (exact) mass is 747 g/mol. The molecule has 1 rings (SSSR count). The fourth-order valence-corrected chi connectivity index (χ4v) is 8.12. The average Bonchev–Trinajstić information content (AvgIpc) is 3.12. The van der Waals surface area contributed by atoms with Gasteiger partial charge in [-0.25, -0.2) is 0 Å². The van der Waals surface area contributed by atoms with Gasteiger partial charge in [0, 0.05) is 31.3 Å². The van der Waals surface area contributed by atoms with E-state index < -0.39 is 0 Å². The average molecular weight is 747 g/mol. The Hall–Kier alpha value is -1.27. The van der Waals surface area contributed by atoms with Gasteiger partial charge in [-0.1, -0.05) is 159 Å². The summed E-state index contributed by atoms with van der Waals surface area (Å²) in [6, 6.07) is 0.384. The second-order valence-corrected chi connectivity index (χ2v) is 17.3. The number of cyclic esters (lactones) is 1. The van der Waals surface area contributed by atoms with Crippen molar-refractivity contribution in [2.24, 2.45) is 11.8 Å². The lowest BCUT2D eigenvalue weighted by atomic mass is 9.91. The van der Waals surface area contributed by atoms with Gasteiger partial charge in [-0.3, -0.25) is 9.59 Å². The van der Waals surface area contributed by atoms with Crippen molar-refractivity contribution in [1.29, 1.82) is 0 Å². The van der Waals surface area contributed by atoms with Crippen LogP contribution in [0.15, 0.2) is 24.3 Å². The van der Waals surface area contributed by atoms with Crippen LogP contribution in [0.5, 0.6) is 0 Å². The topological polar surface area (TPSA) is 49.9 Å². The summed E-state index contributed by atoms with van der Waals surface area (Å²) in [4.78, 5) is 30.0. The molecular formula is C46H86N2O3S. The normalized spacial score (nSPS) is 24.2. The standard InChI is InChI=1S/C46H86N2O3S/c1-6-7-8-27-34-44-35-28-24-26-33-42(2)32-25-20-17-15-13-11-9-10-12-14-16-18-22-30-38-48(46(50)52-41-43(3)47(4)5)39-31-23-19-21-29-36-45(49)51-40-37-44/h11,13,25,32,42-44H,6-10,12,14-24,26-31,33-41H2,1-5H3/b13-11-,32-25+. The molecule has 0 saturated heterocycles. The van der Waals surface area contributed by atoms with E-state index in [1.165, 1.54) is 140 Å². The number of hydrogen-bond acceptors (Lipinski definition) is 5. The van der Waals surface area contributed by atoms with Gasteiger partial charge >= 0.3 is 5.97 Å². The number of hydrogen-bond donors (Lipinski definition) is 0. The first-order chi connectivity index (χ1) is 25.3. The van der Waals surface area contributed by atoms with Crippen LogP contribution in [0.25, 0.3) is 0 Å². The Balaban J connectivity index is 2.61. The third-order valence-corrected chi connectivity index (χ3v) is 12.2. The summed E-state index contributed by atoms with van der Waals surface area (Å²) < 4.78 is 5.74. The number of carbonyl (C=O) groups is 2. The molecule has 3 unspecified atom stereocenters. The van der Waals surface area contributed by atoms with Crippen molar-refractivity contribution in [2.45, 2.75) is 207 Å².